The first-order valence-corrected chi connectivity index (χ1v) is 24.2. The number of rotatable bonds is 12. The Bertz CT molecular complexity index is 2940. The van der Waals surface area contributed by atoms with Crippen LogP contribution in [-0.2, 0) is 25.3 Å². The molecule has 1 unspecified atom stereocenters. The van der Waals surface area contributed by atoms with Gasteiger partial charge in [0.15, 0.2) is 5.60 Å². The smallest absolute Gasteiger partial charge is 0.333 e. The Morgan fingerprint density at radius 2 is 1.43 bits per heavy atom. The van der Waals surface area contributed by atoms with Gasteiger partial charge in [-0.15, -0.1) is 0 Å². The number of fused-ring (bicyclic) bond motifs is 8. The zero-order valence-corrected chi connectivity index (χ0v) is 40.0. The standard InChI is InChI=1S/C59H61N3O6/c1-39(2)57(64)67-35-15-20-53(63)62-33-31-60(32-34-62)43-24-22-42(23-25-43)59(41-16-9-7-10-17-41)28-27-46-55-54(45-26-21-40(36-49(45)58(55,3)4)44-18-11-12-19-51(44)65-5)47-37-50(61-29-13-8-14-30-61)52(66-6)38-48(47)56(46)68-59/h7,9-12,16-19,21-28,36-38H,1,8,13-15,20,29-35H2,2-6H3. The number of piperazine rings is 1. The minimum absolute atomic E-state index is 0.0843. The first kappa shape index (κ1) is 44.8. The number of ether oxygens (including phenoxy) is 4. The Morgan fingerprint density at radius 1 is 0.721 bits per heavy atom. The molecule has 0 aromatic heterocycles. The lowest BCUT2D eigenvalue weighted by molar-refractivity contribution is -0.140. The number of methoxy groups -OCH3 is 2. The molecule has 0 bridgehead atoms. The minimum Gasteiger partial charge on any atom is -0.496 e. The summed E-state index contributed by atoms with van der Waals surface area (Å²) in [5.74, 6) is 2.22. The summed E-state index contributed by atoms with van der Waals surface area (Å²) in [5, 5.41) is 2.18. The monoisotopic (exact) mass is 907 g/mol. The second-order valence-electron chi connectivity index (χ2n) is 19.2. The maximum Gasteiger partial charge on any atom is 0.333 e. The van der Waals surface area contributed by atoms with E-state index in [1.54, 1.807) is 21.1 Å². The average molecular weight is 908 g/mol. The Labute approximate surface area is 400 Å². The van der Waals surface area contributed by atoms with Gasteiger partial charge in [-0.1, -0.05) is 99.3 Å². The van der Waals surface area contributed by atoms with Crippen molar-refractivity contribution >= 4 is 40.1 Å². The third-order valence-corrected chi connectivity index (χ3v) is 14.7. The van der Waals surface area contributed by atoms with Crippen LogP contribution in [0.3, 0.4) is 0 Å². The molecule has 3 aliphatic heterocycles. The number of hydrogen-bond acceptors (Lipinski definition) is 8. The van der Waals surface area contributed by atoms with Crippen LogP contribution in [-0.4, -0.2) is 76.9 Å². The van der Waals surface area contributed by atoms with Crippen LogP contribution in [0.15, 0.2) is 127 Å². The highest BCUT2D eigenvalue weighted by Crippen LogP contribution is 2.60. The minimum atomic E-state index is -0.941. The zero-order valence-electron chi connectivity index (χ0n) is 40.0. The number of benzene rings is 6. The summed E-state index contributed by atoms with van der Waals surface area (Å²) in [6.07, 6.45) is 8.97. The van der Waals surface area contributed by atoms with Crippen molar-refractivity contribution in [2.75, 3.05) is 69.9 Å². The molecular weight excluding hydrogens is 847 g/mol. The lowest BCUT2D eigenvalue weighted by Gasteiger charge is -2.39. The molecule has 68 heavy (non-hydrogen) atoms. The van der Waals surface area contributed by atoms with E-state index in [0.29, 0.717) is 31.5 Å². The van der Waals surface area contributed by atoms with Gasteiger partial charge in [0.2, 0.25) is 5.91 Å². The Balaban J connectivity index is 1.03. The van der Waals surface area contributed by atoms with Crippen LogP contribution in [0, 0.1) is 0 Å². The molecular formula is C59H61N3O6. The van der Waals surface area contributed by atoms with E-state index >= 15 is 0 Å². The molecule has 0 saturated carbocycles. The molecule has 0 N–H and O–H groups in total. The highest BCUT2D eigenvalue weighted by Gasteiger charge is 2.45. The van der Waals surface area contributed by atoms with E-state index in [-0.39, 0.29) is 17.9 Å². The molecule has 1 aliphatic carbocycles. The van der Waals surface area contributed by atoms with E-state index in [1.807, 2.05) is 17.0 Å². The summed E-state index contributed by atoms with van der Waals surface area (Å²) in [6.45, 7) is 14.9. The molecule has 1 atom stereocenters. The van der Waals surface area contributed by atoms with Gasteiger partial charge < -0.3 is 33.6 Å². The third kappa shape index (κ3) is 7.85. The summed E-state index contributed by atoms with van der Waals surface area (Å²) in [7, 11) is 3.52. The van der Waals surface area contributed by atoms with Crippen molar-refractivity contribution in [3.8, 4) is 39.5 Å². The molecule has 348 valence electrons. The van der Waals surface area contributed by atoms with Crippen LogP contribution in [0.4, 0.5) is 11.4 Å². The molecule has 4 aliphatic rings. The number of esters is 1. The lowest BCUT2D eigenvalue weighted by Crippen LogP contribution is -2.48. The molecule has 10 rings (SSSR count). The van der Waals surface area contributed by atoms with E-state index < -0.39 is 11.6 Å². The number of amides is 1. The molecule has 0 spiro atoms. The Hall–Kier alpha value is -7.00. The fourth-order valence-electron chi connectivity index (χ4n) is 11.1. The molecule has 6 aromatic carbocycles. The second-order valence-corrected chi connectivity index (χ2v) is 19.2. The Morgan fingerprint density at radius 3 is 2.15 bits per heavy atom. The van der Waals surface area contributed by atoms with Gasteiger partial charge >= 0.3 is 5.97 Å². The molecule has 6 aromatic rings. The number of piperidine rings is 1. The number of hydrogen-bond donors (Lipinski definition) is 0. The Kier molecular flexibility index (Phi) is 12.0. The van der Waals surface area contributed by atoms with Gasteiger partial charge in [0, 0.05) is 90.0 Å². The van der Waals surface area contributed by atoms with E-state index in [0.717, 1.165) is 106 Å². The van der Waals surface area contributed by atoms with Crippen molar-refractivity contribution in [1.82, 2.24) is 4.90 Å². The number of carbonyl (C=O) groups is 2. The summed E-state index contributed by atoms with van der Waals surface area (Å²) >= 11 is 0. The van der Waals surface area contributed by atoms with Gasteiger partial charge in [0.25, 0.3) is 0 Å². The molecule has 9 heteroatoms. The highest BCUT2D eigenvalue weighted by molar-refractivity contribution is 6.10. The van der Waals surface area contributed by atoms with Gasteiger partial charge in [0.05, 0.1) is 26.5 Å². The first-order valence-electron chi connectivity index (χ1n) is 24.2. The van der Waals surface area contributed by atoms with Gasteiger partial charge in [0.1, 0.15) is 17.2 Å². The summed E-state index contributed by atoms with van der Waals surface area (Å²) in [5.41, 5.74) is 11.6. The van der Waals surface area contributed by atoms with Crippen molar-refractivity contribution in [3.05, 3.63) is 155 Å². The lowest BCUT2D eigenvalue weighted by atomic mass is 9.76. The summed E-state index contributed by atoms with van der Waals surface area (Å²) < 4.78 is 25.1. The molecule has 2 fully saturated rings. The van der Waals surface area contributed by atoms with E-state index in [1.165, 1.54) is 28.7 Å². The fraction of sp³-hybridized carbons (Fsp3) is 0.322. The van der Waals surface area contributed by atoms with E-state index in [4.69, 9.17) is 18.9 Å². The van der Waals surface area contributed by atoms with Crippen LogP contribution in [0.2, 0.25) is 0 Å². The van der Waals surface area contributed by atoms with Gasteiger partial charge in [-0.3, -0.25) is 4.79 Å². The largest absolute Gasteiger partial charge is 0.496 e. The zero-order chi connectivity index (χ0) is 47.2. The van der Waals surface area contributed by atoms with Crippen LogP contribution in [0.5, 0.6) is 17.2 Å². The summed E-state index contributed by atoms with van der Waals surface area (Å²) in [6, 6.07) is 39.1. The van der Waals surface area contributed by atoms with Crippen molar-refractivity contribution in [1.29, 1.82) is 0 Å². The third-order valence-electron chi connectivity index (χ3n) is 14.7. The maximum atomic E-state index is 13.1. The molecule has 1 amide bonds. The van der Waals surface area contributed by atoms with E-state index in [2.05, 4.69) is 139 Å². The van der Waals surface area contributed by atoms with Gasteiger partial charge in [-0.05, 0) is 108 Å². The highest BCUT2D eigenvalue weighted by atomic mass is 16.5. The predicted octanol–water partition coefficient (Wildman–Crippen LogP) is 11.7. The van der Waals surface area contributed by atoms with Crippen molar-refractivity contribution < 1.29 is 28.5 Å². The molecule has 9 nitrogen and oxygen atoms in total. The molecule has 3 heterocycles. The van der Waals surface area contributed by atoms with Crippen LogP contribution >= 0.6 is 0 Å². The summed E-state index contributed by atoms with van der Waals surface area (Å²) in [4.78, 5) is 31.6. The normalized spacial score (nSPS) is 18.0. The van der Waals surface area contributed by atoms with Crippen molar-refractivity contribution in [2.24, 2.45) is 0 Å². The van der Waals surface area contributed by atoms with Gasteiger partial charge in [-0.25, -0.2) is 4.79 Å². The van der Waals surface area contributed by atoms with E-state index in [9.17, 15) is 9.59 Å². The number of para-hydroxylation sites is 1. The predicted molar refractivity (Wildman–Crippen MR) is 273 cm³/mol. The first-order chi connectivity index (χ1) is 33.0. The second kappa shape index (κ2) is 18.2. The SMILES string of the molecule is C=C(C)C(=O)OCCCC(=O)N1CCN(c2ccc(C3(c4ccccc4)C=Cc4c5c(c6cc(N7CCCCC7)c(OC)cc6c4O3)-c3ccc(-c4ccccc4OC)cc3C5(C)C)cc2)CC1. The molecule has 0 radical (unpaired) electrons. The topological polar surface area (TPSA) is 80.8 Å². The maximum absolute atomic E-state index is 13.1. The van der Waals surface area contributed by atoms with Crippen LogP contribution in [0.25, 0.3) is 39.1 Å². The number of carbonyl (C=O) groups excluding carboxylic acids is 2. The van der Waals surface area contributed by atoms with Crippen LogP contribution < -0.4 is 24.0 Å². The van der Waals surface area contributed by atoms with Crippen molar-refractivity contribution in [2.45, 2.75) is 63.9 Å². The van der Waals surface area contributed by atoms with Crippen LogP contribution in [0.1, 0.15) is 80.7 Å². The fourth-order valence-corrected chi connectivity index (χ4v) is 11.1. The quantitative estimate of drug-likeness (QED) is 0.0682. The van der Waals surface area contributed by atoms with Crippen molar-refractivity contribution in [3.63, 3.8) is 0 Å². The average Bonchev–Trinajstić information content (AvgIpc) is 3.63. The van der Waals surface area contributed by atoms with Gasteiger partial charge in [-0.2, -0.15) is 0 Å². The number of anilines is 2. The molecule has 2 saturated heterocycles. The number of nitrogens with zero attached hydrogens (tertiary/aromatic N) is 3.